The number of nitrogens with zero attached hydrogens (tertiary/aromatic N) is 1. The lowest BCUT2D eigenvalue weighted by Gasteiger charge is -2.38. The van der Waals surface area contributed by atoms with Crippen LogP contribution in [-0.2, 0) is 9.53 Å². The van der Waals surface area contributed by atoms with E-state index >= 15 is 0 Å². The number of carbonyl (C=O) groups excluding carboxylic acids is 1. The smallest absolute Gasteiger partial charge is 0.252 e. The summed E-state index contributed by atoms with van der Waals surface area (Å²) in [6, 6.07) is 0. The van der Waals surface area contributed by atoms with Crippen molar-refractivity contribution in [3.8, 4) is 0 Å². The van der Waals surface area contributed by atoms with Gasteiger partial charge in [-0.2, -0.15) is 0 Å². The Labute approximate surface area is 158 Å². The van der Waals surface area contributed by atoms with Gasteiger partial charge in [0.2, 0.25) is 0 Å². The largest absolute Gasteiger partial charge is 0.367 e. The molecule has 0 aromatic rings. The molecule has 4 nitrogen and oxygen atoms in total. The van der Waals surface area contributed by atoms with E-state index in [9.17, 15) is 9.90 Å². The topological polar surface area (TPSA) is 53.1 Å². The van der Waals surface area contributed by atoms with Crippen LogP contribution in [0.1, 0.15) is 79.6 Å². The van der Waals surface area contributed by atoms with E-state index in [4.69, 9.17) is 4.74 Å². The average Bonchev–Trinajstić information content (AvgIpc) is 3.17. The van der Waals surface area contributed by atoms with Gasteiger partial charge in [-0.05, 0) is 77.7 Å². The number of fused-ring (bicyclic) bond motifs is 2. The van der Waals surface area contributed by atoms with Gasteiger partial charge in [0.05, 0.1) is 11.7 Å². The third kappa shape index (κ3) is 3.50. The fraction of sp³-hybridized carbons (Fsp3) is 0.773. The van der Waals surface area contributed by atoms with Crippen molar-refractivity contribution >= 4 is 5.91 Å². The molecule has 1 aliphatic carbocycles. The zero-order chi connectivity index (χ0) is 19.1. The van der Waals surface area contributed by atoms with E-state index in [0.29, 0.717) is 25.0 Å². The Hall–Kier alpha value is -1.13. The van der Waals surface area contributed by atoms with Crippen molar-refractivity contribution in [1.29, 1.82) is 0 Å². The van der Waals surface area contributed by atoms with Crippen LogP contribution in [0, 0.1) is 5.92 Å². The SMILES string of the molecule is CCN1C(=O)C(C)=C2CC/C(C)=C/CC[C@]3(C)O[C@@H]3CC[C@H](C)CC21O. The van der Waals surface area contributed by atoms with E-state index < -0.39 is 5.72 Å². The van der Waals surface area contributed by atoms with Crippen molar-refractivity contribution < 1.29 is 14.6 Å². The van der Waals surface area contributed by atoms with Gasteiger partial charge in [0.25, 0.3) is 5.91 Å². The molecular formula is C22H35NO3. The molecule has 1 saturated heterocycles. The van der Waals surface area contributed by atoms with Crippen LogP contribution in [0.3, 0.4) is 0 Å². The second-order valence-corrected chi connectivity index (χ2v) is 8.86. The molecule has 0 saturated carbocycles. The maximum absolute atomic E-state index is 12.7. The lowest BCUT2D eigenvalue weighted by atomic mass is 9.85. The maximum atomic E-state index is 12.7. The molecule has 0 radical (unpaired) electrons. The normalized spacial score (nSPS) is 41.2. The predicted molar refractivity (Wildman–Crippen MR) is 104 cm³/mol. The summed E-state index contributed by atoms with van der Waals surface area (Å²) in [5.74, 6) is 0.344. The monoisotopic (exact) mass is 361 g/mol. The van der Waals surface area contributed by atoms with Crippen molar-refractivity contribution in [3.63, 3.8) is 0 Å². The van der Waals surface area contributed by atoms with Crippen molar-refractivity contribution in [2.45, 2.75) is 97.0 Å². The molecule has 0 aromatic heterocycles. The number of amides is 1. The van der Waals surface area contributed by atoms with Crippen LogP contribution in [-0.4, -0.2) is 39.9 Å². The number of epoxide rings is 1. The Kier molecular flexibility index (Phi) is 5.38. The minimum atomic E-state index is -1.12. The summed E-state index contributed by atoms with van der Waals surface area (Å²) in [4.78, 5) is 14.4. The number of likely N-dealkylation sites (N-methyl/N-ethyl adjacent to an activating group) is 1. The molecule has 0 spiro atoms. The first kappa shape index (κ1) is 19.6. The standard InChI is InChI=1S/C22H35NO3/c1-6-23-20(24)17(4)18-11-9-15(2)8-7-13-21(5)19(26-21)12-10-16(3)14-22(18,23)25/h8,16,19,25H,6-7,9-14H2,1-5H3/b15-8+/t16-,19+,21-,22?/m0/s1. The highest BCUT2D eigenvalue weighted by molar-refractivity contribution is 5.97. The molecule has 1 amide bonds. The van der Waals surface area contributed by atoms with Crippen LogP contribution in [0.5, 0.6) is 0 Å². The molecule has 26 heavy (non-hydrogen) atoms. The van der Waals surface area contributed by atoms with E-state index in [1.807, 2.05) is 13.8 Å². The first-order chi connectivity index (χ1) is 12.2. The van der Waals surface area contributed by atoms with Crippen molar-refractivity contribution in [2.24, 2.45) is 5.92 Å². The molecule has 2 heterocycles. The highest BCUT2D eigenvalue weighted by Crippen LogP contribution is 2.46. The number of rotatable bonds is 1. The Bertz CT molecular complexity index is 637. The minimum absolute atomic E-state index is 0.00116. The number of allylic oxidation sites excluding steroid dienone is 2. The number of carbonyl (C=O) groups is 1. The molecule has 1 fully saturated rings. The molecule has 1 N–H and O–H groups in total. The number of ether oxygens (including phenoxy) is 1. The summed E-state index contributed by atoms with van der Waals surface area (Å²) < 4.78 is 5.99. The molecule has 1 unspecified atom stereocenters. The second kappa shape index (κ2) is 7.12. The van der Waals surface area contributed by atoms with Crippen LogP contribution < -0.4 is 0 Å². The van der Waals surface area contributed by atoms with Crippen LogP contribution in [0.2, 0.25) is 0 Å². The van der Waals surface area contributed by atoms with Gasteiger partial charge in [0, 0.05) is 18.5 Å². The van der Waals surface area contributed by atoms with E-state index in [2.05, 4.69) is 26.8 Å². The Morgan fingerprint density at radius 1 is 1.31 bits per heavy atom. The van der Waals surface area contributed by atoms with Gasteiger partial charge >= 0.3 is 0 Å². The van der Waals surface area contributed by atoms with Gasteiger partial charge in [0.15, 0.2) is 5.72 Å². The third-order valence-electron chi connectivity index (χ3n) is 6.76. The van der Waals surface area contributed by atoms with Gasteiger partial charge < -0.3 is 14.7 Å². The molecule has 4 atom stereocenters. The lowest BCUT2D eigenvalue weighted by molar-refractivity contribution is -0.145. The molecule has 2 aliphatic heterocycles. The molecule has 4 heteroatoms. The molecule has 3 aliphatic rings. The zero-order valence-electron chi connectivity index (χ0n) is 17.1. The van der Waals surface area contributed by atoms with E-state index in [-0.39, 0.29) is 11.5 Å². The molecule has 3 rings (SSSR count). The average molecular weight is 362 g/mol. The Morgan fingerprint density at radius 2 is 2.04 bits per heavy atom. The highest BCUT2D eigenvalue weighted by Gasteiger charge is 2.52. The molecule has 0 bridgehead atoms. The van der Waals surface area contributed by atoms with Crippen LogP contribution >= 0.6 is 0 Å². The van der Waals surface area contributed by atoms with Crippen molar-refractivity contribution in [1.82, 2.24) is 4.90 Å². The fourth-order valence-corrected chi connectivity index (χ4v) is 4.92. The fourth-order valence-electron chi connectivity index (χ4n) is 4.92. The van der Waals surface area contributed by atoms with Crippen LogP contribution in [0.15, 0.2) is 22.8 Å². The van der Waals surface area contributed by atoms with E-state index in [1.165, 1.54) is 5.57 Å². The van der Waals surface area contributed by atoms with Gasteiger partial charge in [-0.3, -0.25) is 4.79 Å². The highest BCUT2D eigenvalue weighted by atomic mass is 16.6. The molecular weight excluding hydrogens is 326 g/mol. The first-order valence-corrected chi connectivity index (χ1v) is 10.3. The summed E-state index contributed by atoms with van der Waals surface area (Å²) in [6.07, 6.45) is 9.11. The van der Waals surface area contributed by atoms with Crippen molar-refractivity contribution in [2.75, 3.05) is 6.54 Å². The van der Waals surface area contributed by atoms with Gasteiger partial charge in [-0.25, -0.2) is 0 Å². The zero-order valence-corrected chi connectivity index (χ0v) is 17.1. The van der Waals surface area contributed by atoms with Gasteiger partial charge in [-0.1, -0.05) is 18.6 Å². The second-order valence-electron chi connectivity index (χ2n) is 8.86. The van der Waals surface area contributed by atoms with E-state index in [1.54, 1.807) is 4.90 Å². The Balaban J connectivity index is 1.87. The molecule has 146 valence electrons. The van der Waals surface area contributed by atoms with Crippen LogP contribution in [0.4, 0.5) is 0 Å². The predicted octanol–water partition coefficient (Wildman–Crippen LogP) is 4.34. The third-order valence-corrected chi connectivity index (χ3v) is 6.76. The summed E-state index contributed by atoms with van der Waals surface area (Å²) >= 11 is 0. The summed E-state index contributed by atoms with van der Waals surface area (Å²) in [7, 11) is 0. The summed E-state index contributed by atoms with van der Waals surface area (Å²) in [5.41, 5.74) is 1.94. The summed E-state index contributed by atoms with van der Waals surface area (Å²) in [5, 5.41) is 11.6. The first-order valence-electron chi connectivity index (χ1n) is 10.3. The Morgan fingerprint density at radius 3 is 2.73 bits per heavy atom. The number of hydrogen-bond donors (Lipinski definition) is 1. The quantitative estimate of drug-likeness (QED) is 0.558. The number of aliphatic hydroxyl groups is 1. The lowest BCUT2D eigenvalue weighted by Crippen LogP contribution is -2.49. The van der Waals surface area contributed by atoms with E-state index in [0.717, 1.165) is 49.7 Å². The van der Waals surface area contributed by atoms with Gasteiger partial charge in [-0.15, -0.1) is 0 Å². The molecule has 0 aromatic carbocycles. The number of hydrogen-bond acceptors (Lipinski definition) is 3. The van der Waals surface area contributed by atoms with Gasteiger partial charge in [0.1, 0.15) is 0 Å². The van der Waals surface area contributed by atoms with Crippen molar-refractivity contribution in [3.05, 3.63) is 22.8 Å². The van der Waals surface area contributed by atoms with Crippen LogP contribution in [0.25, 0.3) is 0 Å². The summed E-state index contributed by atoms with van der Waals surface area (Å²) in [6.45, 7) is 11.0. The maximum Gasteiger partial charge on any atom is 0.252 e. The minimum Gasteiger partial charge on any atom is -0.367 e.